The number of rotatable bonds is 9. The number of aromatic nitrogens is 5. The van der Waals surface area contributed by atoms with Crippen LogP contribution in [0.15, 0.2) is 73.2 Å². The second kappa shape index (κ2) is 11.7. The molecule has 0 aliphatic carbocycles. The highest BCUT2D eigenvalue weighted by Crippen LogP contribution is 2.37. The van der Waals surface area contributed by atoms with E-state index in [1.807, 2.05) is 60.3 Å². The Morgan fingerprint density at radius 1 is 1.05 bits per heavy atom. The van der Waals surface area contributed by atoms with Crippen LogP contribution in [0.3, 0.4) is 0 Å². The minimum absolute atomic E-state index is 0.00570. The zero-order valence-electron chi connectivity index (χ0n) is 22.9. The lowest BCUT2D eigenvalue weighted by Crippen LogP contribution is -2.15. The molecular weight excluding hydrogens is 520 g/mol. The van der Waals surface area contributed by atoms with Gasteiger partial charge in [-0.1, -0.05) is 60.1 Å². The standard InChI is InChI=1S/C31H31ClN8/c1-5-27(21-10-7-6-8-11-21)37-29-22(16-33)17-35-30-25(29)14-23(15-26(30)32)36-31(24-12-9-13-34-20(24)4)28-18-40(19(2)3)39-38-28/h6-15,17-19,27,31,36H,5H2,1-4H3,(H,35,37)/t27-,31+/m1/s1. The molecule has 202 valence electrons. The van der Waals surface area contributed by atoms with Crippen LogP contribution in [0.1, 0.15) is 73.4 Å². The predicted molar refractivity (Wildman–Crippen MR) is 159 cm³/mol. The van der Waals surface area contributed by atoms with Gasteiger partial charge in [0.15, 0.2) is 0 Å². The molecule has 5 aromatic rings. The second-order valence-corrected chi connectivity index (χ2v) is 10.4. The normalized spacial score (nSPS) is 12.7. The number of hydrogen-bond acceptors (Lipinski definition) is 7. The van der Waals surface area contributed by atoms with Gasteiger partial charge in [-0.05, 0) is 51.0 Å². The fourth-order valence-electron chi connectivity index (χ4n) is 4.82. The maximum atomic E-state index is 9.99. The fourth-order valence-corrected chi connectivity index (χ4v) is 5.09. The van der Waals surface area contributed by atoms with Crippen molar-refractivity contribution in [3.05, 3.63) is 106 Å². The molecule has 0 aliphatic rings. The number of fused-ring (bicyclic) bond motifs is 1. The summed E-state index contributed by atoms with van der Waals surface area (Å²) < 4.78 is 1.84. The van der Waals surface area contributed by atoms with E-state index in [2.05, 4.69) is 69.9 Å². The molecule has 8 nitrogen and oxygen atoms in total. The fraction of sp³-hybridized carbons (Fsp3) is 0.258. The summed E-state index contributed by atoms with van der Waals surface area (Å²) in [6.07, 6.45) is 6.13. The molecule has 3 heterocycles. The number of anilines is 2. The molecule has 0 radical (unpaired) electrons. The van der Waals surface area contributed by atoms with Crippen LogP contribution in [0.5, 0.6) is 0 Å². The van der Waals surface area contributed by atoms with E-state index >= 15 is 0 Å². The first-order valence-electron chi connectivity index (χ1n) is 13.3. The van der Waals surface area contributed by atoms with E-state index in [9.17, 15) is 5.26 Å². The first-order chi connectivity index (χ1) is 19.4. The average molecular weight is 551 g/mol. The van der Waals surface area contributed by atoms with Gasteiger partial charge in [0.1, 0.15) is 11.8 Å². The van der Waals surface area contributed by atoms with Gasteiger partial charge in [-0.3, -0.25) is 9.97 Å². The van der Waals surface area contributed by atoms with Crippen molar-refractivity contribution >= 4 is 33.9 Å². The van der Waals surface area contributed by atoms with Crippen molar-refractivity contribution in [2.75, 3.05) is 10.6 Å². The highest BCUT2D eigenvalue weighted by molar-refractivity contribution is 6.35. The molecule has 0 saturated carbocycles. The predicted octanol–water partition coefficient (Wildman–Crippen LogP) is 7.40. The quantitative estimate of drug-likeness (QED) is 0.197. The molecule has 0 unspecified atom stereocenters. The summed E-state index contributed by atoms with van der Waals surface area (Å²) >= 11 is 6.81. The maximum absolute atomic E-state index is 9.99. The minimum Gasteiger partial charge on any atom is -0.377 e. The third kappa shape index (κ3) is 5.47. The first kappa shape index (κ1) is 27.1. The van der Waals surface area contributed by atoms with Gasteiger partial charge in [0.25, 0.3) is 0 Å². The van der Waals surface area contributed by atoms with Crippen molar-refractivity contribution in [3.8, 4) is 6.07 Å². The molecule has 0 aliphatic heterocycles. The highest BCUT2D eigenvalue weighted by Gasteiger charge is 2.23. The van der Waals surface area contributed by atoms with E-state index < -0.39 is 0 Å². The minimum atomic E-state index is -0.328. The van der Waals surface area contributed by atoms with E-state index in [0.717, 1.165) is 40.0 Å². The number of aryl methyl sites for hydroxylation is 1. The molecule has 9 heteroatoms. The van der Waals surface area contributed by atoms with Crippen LogP contribution in [0, 0.1) is 18.3 Å². The Morgan fingerprint density at radius 3 is 2.52 bits per heavy atom. The van der Waals surface area contributed by atoms with E-state index in [0.29, 0.717) is 21.8 Å². The monoisotopic (exact) mass is 550 g/mol. The van der Waals surface area contributed by atoms with Gasteiger partial charge in [-0.2, -0.15) is 5.26 Å². The van der Waals surface area contributed by atoms with Crippen molar-refractivity contribution in [3.63, 3.8) is 0 Å². The molecule has 2 atom stereocenters. The summed E-state index contributed by atoms with van der Waals surface area (Å²) in [6, 6.07) is 20.1. The van der Waals surface area contributed by atoms with Gasteiger partial charge < -0.3 is 10.6 Å². The molecule has 40 heavy (non-hydrogen) atoms. The van der Waals surface area contributed by atoms with Crippen molar-refractivity contribution in [1.82, 2.24) is 25.0 Å². The number of benzene rings is 2. The second-order valence-electron chi connectivity index (χ2n) is 10.0. The summed E-state index contributed by atoms with van der Waals surface area (Å²) in [7, 11) is 0. The first-order valence-corrected chi connectivity index (χ1v) is 13.7. The molecule has 0 saturated heterocycles. The molecule has 0 bridgehead atoms. The molecule has 3 aromatic heterocycles. The SMILES string of the molecule is CC[C@@H](Nc1c(C#N)cnc2c(Cl)cc(N[C@H](c3cn(C(C)C)nn3)c3cccnc3C)cc12)c1ccccc1. The third-order valence-corrected chi connectivity index (χ3v) is 7.28. The number of nitriles is 1. The lowest BCUT2D eigenvalue weighted by atomic mass is 10.0. The van der Waals surface area contributed by atoms with Gasteiger partial charge >= 0.3 is 0 Å². The van der Waals surface area contributed by atoms with E-state index in [1.54, 1.807) is 12.4 Å². The Kier molecular flexibility index (Phi) is 7.94. The summed E-state index contributed by atoms with van der Waals surface area (Å²) in [6.45, 7) is 8.22. The van der Waals surface area contributed by atoms with Crippen molar-refractivity contribution in [1.29, 1.82) is 5.26 Å². The molecule has 2 N–H and O–H groups in total. The lowest BCUT2D eigenvalue weighted by molar-refractivity contribution is 0.514. The molecule has 0 amide bonds. The number of pyridine rings is 2. The number of halogens is 1. The zero-order valence-corrected chi connectivity index (χ0v) is 23.7. The topological polar surface area (TPSA) is 104 Å². The van der Waals surface area contributed by atoms with Gasteiger partial charge in [0.05, 0.1) is 40.1 Å². The van der Waals surface area contributed by atoms with Gasteiger partial charge in [-0.25, -0.2) is 4.68 Å². The Hall–Kier alpha value is -4.48. The third-order valence-electron chi connectivity index (χ3n) is 7.00. The largest absolute Gasteiger partial charge is 0.377 e. The van der Waals surface area contributed by atoms with E-state index in [4.69, 9.17) is 11.6 Å². The summed E-state index contributed by atoms with van der Waals surface area (Å²) in [5.41, 5.74) is 6.30. The number of nitrogens with zero attached hydrogens (tertiary/aromatic N) is 6. The van der Waals surface area contributed by atoms with Crippen LogP contribution < -0.4 is 10.6 Å². The Balaban J connectivity index is 1.61. The molecule has 5 rings (SSSR count). The number of hydrogen-bond donors (Lipinski definition) is 2. The molecule has 0 fully saturated rings. The summed E-state index contributed by atoms with van der Waals surface area (Å²) in [5.74, 6) is 0. The van der Waals surface area contributed by atoms with Crippen molar-refractivity contribution in [2.24, 2.45) is 0 Å². The molecule has 2 aromatic carbocycles. The van der Waals surface area contributed by atoms with E-state index in [-0.39, 0.29) is 18.1 Å². The maximum Gasteiger partial charge on any atom is 0.110 e. The van der Waals surface area contributed by atoms with Gasteiger partial charge in [0, 0.05) is 40.8 Å². The molecular formula is C31H31ClN8. The zero-order chi connectivity index (χ0) is 28.2. The Morgan fingerprint density at radius 2 is 1.85 bits per heavy atom. The van der Waals surface area contributed by atoms with Crippen LogP contribution in [-0.2, 0) is 0 Å². The lowest BCUT2D eigenvalue weighted by Gasteiger charge is -2.23. The van der Waals surface area contributed by atoms with Crippen LogP contribution in [0.2, 0.25) is 5.02 Å². The smallest absolute Gasteiger partial charge is 0.110 e. The van der Waals surface area contributed by atoms with Crippen LogP contribution in [0.4, 0.5) is 11.4 Å². The molecule has 0 spiro atoms. The van der Waals surface area contributed by atoms with Crippen LogP contribution in [-0.4, -0.2) is 25.0 Å². The van der Waals surface area contributed by atoms with Crippen LogP contribution in [0.25, 0.3) is 10.9 Å². The summed E-state index contributed by atoms with van der Waals surface area (Å²) in [5, 5.41) is 27.3. The van der Waals surface area contributed by atoms with Crippen molar-refractivity contribution in [2.45, 2.75) is 52.2 Å². The summed E-state index contributed by atoms with van der Waals surface area (Å²) in [4.78, 5) is 9.04. The van der Waals surface area contributed by atoms with Gasteiger partial charge in [0.2, 0.25) is 0 Å². The average Bonchev–Trinajstić information content (AvgIpc) is 3.46. The number of nitrogens with one attached hydrogen (secondary N) is 2. The highest BCUT2D eigenvalue weighted by atomic mass is 35.5. The van der Waals surface area contributed by atoms with E-state index in [1.165, 1.54) is 0 Å². The Bertz CT molecular complexity index is 1670. The van der Waals surface area contributed by atoms with Crippen LogP contribution >= 0.6 is 11.6 Å². The van der Waals surface area contributed by atoms with Crippen molar-refractivity contribution < 1.29 is 0 Å². The van der Waals surface area contributed by atoms with Gasteiger partial charge in [-0.15, -0.1) is 5.10 Å². The Labute approximate surface area is 239 Å².